The Hall–Kier alpha value is 0.01000. The maximum absolute atomic E-state index is 11.2. The molecule has 0 unspecified atom stereocenters. The van der Waals surface area contributed by atoms with Crippen LogP contribution in [0.15, 0.2) is 23.1 Å². The Morgan fingerprint density at radius 2 is 2.14 bits per heavy atom. The lowest BCUT2D eigenvalue weighted by Gasteiger charge is -2.06. The average molecular weight is 294 g/mol. The molecule has 1 aromatic carbocycles. The highest BCUT2D eigenvalue weighted by molar-refractivity contribution is 9.08. The fraction of sp³-hybridized carbons (Fsp3) is 0.300. The van der Waals surface area contributed by atoms with E-state index in [1.165, 1.54) is 0 Å². The van der Waals surface area contributed by atoms with E-state index in [1.807, 2.05) is 18.2 Å². The van der Waals surface area contributed by atoms with Gasteiger partial charge in [-0.25, -0.2) is 0 Å². The maximum Gasteiger partial charge on any atom is 0.151 e. The molecule has 1 nitrogen and oxygen atoms in total. The molecule has 4 heteroatoms. The molecule has 1 aromatic rings. The Morgan fingerprint density at radius 1 is 1.43 bits per heavy atom. The topological polar surface area (TPSA) is 17.1 Å². The number of halogens is 2. The highest BCUT2D eigenvalue weighted by Gasteiger charge is 2.06. The minimum absolute atomic E-state index is 0.0424. The summed E-state index contributed by atoms with van der Waals surface area (Å²) >= 11 is 13.1. The molecule has 0 aliphatic rings. The van der Waals surface area contributed by atoms with Crippen molar-refractivity contribution in [2.24, 2.45) is 0 Å². The summed E-state index contributed by atoms with van der Waals surface area (Å²) in [7, 11) is 0. The lowest BCUT2D eigenvalue weighted by molar-refractivity contribution is -0.116. The summed E-state index contributed by atoms with van der Waals surface area (Å²) in [5.41, 5.74) is 2.11. The minimum Gasteiger partial charge on any atom is -0.298 e. The van der Waals surface area contributed by atoms with Gasteiger partial charge in [0.15, 0.2) is 5.78 Å². The van der Waals surface area contributed by atoms with Gasteiger partial charge in [-0.2, -0.15) is 0 Å². The standard InChI is InChI=1S/C10H10BrClOS/c11-5-8-4-10(14)2-1-7(8)3-9(13)6-12/h1-2,4,14H,3,5-6H2. The minimum atomic E-state index is 0.0424. The zero-order valence-corrected chi connectivity index (χ0v) is 10.7. The fourth-order valence-electron chi connectivity index (χ4n) is 1.17. The Morgan fingerprint density at radius 3 is 2.71 bits per heavy atom. The summed E-state index contributed by atoms with van der Waals surface area (Å²) in [4.78, 5) is 12.1. The van der Waals surface area contributed by atoms with E-state index in [0.717, 1.165) is 21.4 Å². The van der Waals surface area contributed by atoms with Gasteiger partial charge in [-0.1, -0.05) is 22.0 Å². The van der Waals surface area contributed by atoms with Gasteiger partial charge >= 0.3 is 0 Å². The summed E-state index contributed by atoms with van der Waals surface area (Å²) in [6, 6.07) is 5.75. The molecule has 0 saturated heterocycles. The molecule has 76 valence electrons. The molecule has 0 saturated carbocycles. The van der Waals surface area contributed by atoms with Crippen molar-refractivity contribution < 1.29 is 4.79 Å². The maximum atomic E-state index is 11.2. The second kappa shape index (κ2) is 5.79. The van der Waals surface area contributed by atoms with E-state index in [2.05, 4.69) is 28.6 Å². The number of hydrogen-bond acceptors (Lipinski definition) is 2. The van der Waals surface area contributed by atoms with Crippen molar-refractivity contribution in [1.29, 1.82) is 0 Å². The van der Waals surface area contributed by atoms with Crippen molar-refractivity contribution in [2.45, 2.75) is 16.6 Å². The van der Waals surface area contributed by atoms with Gasteiger partial charge in [0.25, 0.3) is 0 Å². The first-order valence-corrected chi connectivity index (χ1v) is 6.22. The summed E-state index contributed by atoms with van der Waals surface area (Å²) in [5.74, 6) is 0.116. The third kappa shape index (κ3) is 3.30. The average Bonchev–Trinajstić information content (AvgIpc) is 2.20. The number of hydrogen-bond donors (Lipinski definition) is 1. The zero-order valence-electron chi connectivity index (χ0n) is 7.46. The van der Waals surface area contributed by atoms with Crippen LogP contribution in [0.4, 0.5) is 0 Å². The molecule has 0 bridgehead atoms. The van der Waals surface area contributed by atoms with Crippen molar-refractivity contribution >= 4 is 45.9 Å². The van der Waals surface area contributed by atoms with E-state index >= 15 is 0 Å². The second-order valence-corrected chi connectivity index (χ2v) is 4.28. The lowest BCUT2D eigenvalue weighted by atomic mass is 10.0. The summed E-state index contributed by atoms with van der Waals surface area (Å²) in [6.45, 7) is 0. The quantitative estimate of drug-likeness (QED) is 0.666. The number of Topliss-reactive ketones (excluding diaryl/α,β-unsaturated/α-hetero) is 1. The Balaban J connectivity index is 2.90. The van der Waals surface area contributed by atoms with Crippen LogP contribution in [0.1, 0.15) is 11.1 Å². The number of alkyl halides is 2. The van der Waals surface area contributed by atoms with E-state index in [0.29, 0.717) is 6.42 Å². The van der Waals surface area contributed by atoms with Crippen LogP contribution in [0.3, 0.4) is 0 Å². The highest BCUT2D eigenvalue weighted by atomic mass is 79.9. The second-order valence-electron chi connectivity index (χ2n) is 2.94. The van der Waals surface area contributed by atoms with Crippen LogP contribution in [0.25, 0.3) is 0 Å². The molecule has 0 aliphatic heterocycles. The lowest BCUT2D eigenvalue weighted by Crippen LogP contribution is -2.05. The van der Waals surface area contributed by atoms with Gasteiger partial charge in [-0.3, -0.25) is 4.79 Å². The highest BCUT2D eigenvalue weighted by Crippen LogP contribution is 2.18. The van der Waals surface area contributed by atoms with Crippen LogP contribution in [0, 0.1) is 0 Å². The van der Waals surface area contributed by atoms with Crippen LogP contribution < -0.4 is 0 Å². The van der Waals surface area contributed by atoms with E-state index in [9.17, 15) is 4.79 Å². The van der Waals surface area contributed by atoms with E-state index < -0.39 is 0 Å². The molecule has 1 rings (SSSR count). The molecule has 0 atom stereocenters. The first-order valence-electron chi connectivity index (χ1n) is 4.11. The first kappa shape index (κ1) is 12.1. The van der Waals surface area contributed by atoms with Crippen molar-refractivity contribution in [1.82, 2.24) is 0 Å². The van der Waals surface area contributed by atoms with Crippen LogP contribution in [0.5, 0.6) is 0 Å². The molecule has 0 N–H and O–H groups in total. The fourth-order valence-corrected chi connectivity index (χ4v) is 2.02. The van der Waals surface area contributed by atoms with Gasteiger partial charge in [0, 0.05) is 16.6 Å². The molecular weight excluding hydrogens is 284 g/mol. The largest absolute Gasteiger partial charge is 0.298 e. The smallest absolute Gasteiger partial charge is 0.151 e. The number of carbonyl (C=O) groups is 1. The molecule has 0 fully saturated rings. The monoisotopic (exact) mass is 292 g/mol. The summed E-state index contributed by atoms with van der Waals surface area (Å²) in [6.07, 6.45) is 0.401. The predicted molar refractivity (Wildman–Crippen MR) is 65.8 cm³/mol. The van der Waals surface area contributed by atoms with Crippen molar-refractivity contribution in [3.8, 4) is 0 Å². The Labute approximate surface area is 102 Å². The number of rotatable bonds is 4. The summed E-state index contributed by atoms with van der Waals surface area (Å²) < 4.78 is 0. The van der Waals surface area contributed by atoms with Crippen LogP contribution in [-0.4, -0.2) is 11.7 Å². The number of carbonyl (C=O) groups excluding carboxylic acids is 1. The molecule has 0 heterocycles. The molecule has 0 amide bonds. The van der Waals surface area contributed by atoms with E-state index in [4.69, 9.17) is 11.6 Å². The molecule has 0 spiro atoms. The van der Waals surface area contributed by atoms with Crippen LogP contribution in [-0.2, 0) is 16.5 Å². The van der Waals surface area contributed by atoms with Gasteiger partial charge in [0.2, 0.25) is 0 Å². The number of ketones is 1. The van der Waals surface area contributed by atoms with Gasteiger partial charge in [-0.05, 0) is 23.3 Å². The number of benzene rings is 1. The van der Waals surface area contributed by atoms with E-state index in [1.54, 1.807) is 0 Å². The normalized spacial score (nSPS) is 10.2. The third-order valence-electron chi connectivity index (χ3n) is 1.87. The molecule has 14 heavy (non-hydrogen) atoms. The SMILES string of the molecule is O=C(CCl)Cc1ccc(S)cc1CBr. The van der Waals surface area contributed by atoms with Crippen LogP contribution >= 0.6 is 40.2 Å². The van der Waals surface area contributed by atoms with Gasteiger partial charge < -0.3 is 0 Å². The van der Waals surface area contributed by atoms with Gasteiger partial charge in [0.05, 0.1) is 5.88 Å². The molecule has 0 radical (unpaired) electrons. The zero-order chi connectivity index (χ0) is 10.6. The van der Waals surface area contributed by atoms with Crippen molar-refractivity contribution in [2.75, 3.05) is 5.88 Å². The Kier molecular flexibility index (Phi) is 4.99. The van der Waals surface area contributed by atoms with Crippen molar-refractivity contribution in [3.05, 3.63) is 29.3 Å². The van der Waals surface area contributed by atoms with Gasteiger partial charge in [-0.15, -0.1) is 24.2 Å². The van der Waals surface area contributed by atoms with Gasteiger partial charge in [0.1, 0.15) is 0 Å². The van der Waals surface area contributed by atoms with Crippen molar-refractivity contribution in [3.63, 3.8) is 0 Å². The predicted octanol–water partition coefficient (Wildman–Crippen LogP) is 3.22. The molecule has 0 aromatic heterocycles. The Bertz CT molecular complexity index is 341. The summed E-state index contributed by atoms with van der Waals surface area (Å²) in [5, 5.41) is 0.728. The van der Waals surface area contributed by atoms with E-state index in [-0.39, 0.29) is 11.7 Å². The first-order chi connectivity index (χ1) is 6.67. The third-order valence-corrected chi connectivity index (χ3v) is 3.05. The molecule has 0 aliphatic carbocycles. The number of thiol groups is 1. The molecular formula is C10H10BrClOS. The van der Waals surface area contributed by atoms with Crippen LogP contribution in [0.2, 0.25) is 0 Å².